The van der Waals surface area contributed by atoms with E-state index in [4.69, 9.17) is 14.2 Å². The van der Waals surface area contributed by atoms with Crippen LogP contribution in [0.2, 0.25) is 0 Å². The fourth-order valence-corrected chi connectivity index (χ4v) is 2.33. The molecule has 7 heteroatoms. The van der Waals surface area contributed by atoms with E-state index in [9.17, 15) is 14.4 Å². The van der Waals surface area contributed by atoms with Crippen LogP contribution in [0.4, 0.5) is 4.79 Å². The van der Waals surface area contributed by atoms with Gasteiger partial charge in [0.1, 0.15) is 11.4 Å². The van der Waals surface area contributed by atoms with E-state index in [1.54, 1.807) is 34.8 Å². The summed E-state index contributed by atoms with van der Waals surface area (Å²) in [4.78, 5) is 36.5. The minimum absolute atomic E-state index is 0.116. The van der Waals surface area contributed by atoms with Crippen molar-refractivity contribution in [1.29, 1.82) is 0 Å². The van der Waals surface area contributed by atoms with E-state index >= 15 is 0 Å². The predicted octanol–water partition coefficient (Wildman–Crippen LogP) is 3.04. The van der Waals surface area contributed by atoms with Gasteiger partial charge < -0.3 is 19.5 Å². The first-order valence-electron chi connectivity index (χ1n) is 8.98. The van der Waals surface area contributed by atoms with Gasteiger partial charge in [-0.3, -0.25) is 4.79 Å². The molecule has 27 heavy (non-hydrogen) atoms. The number of amides is 1. The van der Waals surface area contributed by atoms with E-state index in [0.29, 0.717) is 12.8 Å². The zero-order valence-corrected chi connectivity index (χ0v) is 16.7. The van der Waals surface area contributed by atoms with E-state index in [-0.39, 0.29) is 13.0 Å². The van der Waals surface area contributed by atoms with Crippen LogP contribution >= 0.6 is 0 Å². The summed E-state index contributed by atoms with van der Waals surface area (Å²) in [7, 11) is 1.60. The lowest BCUT2D eigenvalue weighted by Gasteiger charge is -2.22. The quantitative estimate of drug-likeness (QED) is 0.524. The number of hydrogen-bond acceptors (Lipinski definition) is 6. The highest BCUT2D eigenvalue weighted by Gasteiger charge is 2.31. The Bertz CT molecular complexity index is 633. The first-order chi connectivity index (χ1) is 12.7. The second-order valence-corrected chi connectivity index (χ2v) is 7.00. The van der Waals surface area contributed by atoms with Gasteiger partial charge in [0.05, 0.1) is 13.7 Å². The molecule has 0 aliphatic rings. The lowest BCUT2D eigenvalue weighted by Crippen LogP contribution is -2.49. The van der Waals surface area contributed by atoms with E-state index in [2.05, 4.69) is 5.32 Å². The van der Waals surface area contributed by atoms with Gasteiger partial charge in [0.25, 0.3) is 0 Å². The van der Waals surface area contributed by atoms with Crippen molar-refractivity contribution >= 4 is 17.8 Å². The number of carbonyl (C=O) groups is 3. The average molecular weight is 379 g/mol. The maximum absolute atomic E-state index is 12.5. The van der Waals surface area contributed by atoms with Gasteiger partial charge in [0.2, 0.25) is 0 Å². The average Bonchev–Trinajstić information content (AvgIpc) is 2.58. The minimum Gasteiger partial charge on any atom is -0.497 e. The molecule has 150 valence electrons. The third-order valence-electron chi connectivity index (χ3n) is 3.55. The number of Topliss-reactive ketones (excluding diaryl/α,β-unsaturated/α-hetero) is 1. The molecular formula is C20H29NO6. The van der Waals surface area contributed by atoms with Gasteiger partial charge in [-0.1, -0.05) is 12.1 Å². The molecule has 0 radical (unpaired) electrons. The van der Waals surface area contributed by atoms with Crippen molar-refractivity contribution in [1.82, 2.24) is 5.32 Å². The van der Waals surface area contributed by atoms with E-state index in [1.165, 1.54) is 0 Å². The van der Waals surface area contributed by atoms with Gasteiger partial charge in [-0.25, -0.2) is 9.59 Å². The van der Waals surface area contributed by atoms with Crippen molar-refractivity contribution in [2.45, 2.75) is 58.6 Å². The minimum atomic E-state index is -1.37. The molecule has 0 saturated carbocycles. The van der Waals surface area contributed by atoms with Gasteiger partial charge in [-0.15, -0.1) is 0 Å². The van der Waals surface area contributed by atoms with Gasteiger partial charge in [-0.2, -0.15) is 0 Å². The molecule has 1 aromatic rings. The second-order valence-electron chi connectivity index (χ2n) is 7.00. The zero-order valence-electron chi connectivity index (χ0n) is 16.7. The lowest BCUT2D eigenvalue weighted by atomic mass is 10.0. The van der Waals surface area contributed by atoms with Crippen LogP contribution in [0.1, 0.15) is 46.1 Å². The molecule has 0 aliphatic heterocycles. The fourth-order valence-electron chi connectivity index (χ4n) is 2.33. The number of methoxy groups -OCH3 is 1. The molecule has 7 nitrogen and oxygen atoms in total. The highest BCUT2D eigenvalue weighted by Crippen LogP contribution is 2.14. The van der Waals surface area contributed by atoms with Crippen LogP contribution in [0, 0.1) is 0 Å². The summed E-state index contributed by atoms with van der Waals surface area (Å²) in [6, 6.07) is 6.18. The summed E-state index contributed by atoms with van der Waals surface area (Å²) in [5.74, 6) is -0.426. The van der Waals surface area contributed by atoms with Crippen LogP contribution in [0.5, 0.6) is 5.75 Å². The fraction of sp³-hybridized carbons (Fsp3) is 0.550. The number of ether oxygens (including phenoxy) is 3. The largest absolute Gasteiger partial charge is 0.497 e. The molecule has 1 aromatic carbocycles. The van der Waals surface area contributed by atoms with Crippen LogP contribution < -0.4 is 10.1 Å². The topological polar surface area (TPSA) is 90.9 Å². The Labute approximate surface area is 160 Å². The summed E-state index contributed by atoms with van der Waals surface area (Å²) in [6.45, 7) is 6.84. The van der Waals surface area contributed by atoms with Crippen LogP contribution in [-0.2, 0) is 25.5 Å². The summed E-state index contributed by atoms with van der Waals surface area (Å²) < 4.78 is 15.1. The molecular weight excluding hydrogens is 350 g/mol. The van der Waals surface area contributed by atoms with Crippen molar-refractivity contribution in [3.05, 3.63) is 29.8 Å². The van der Waals surface area contributed by atoms with Crippen LogP contribution in [0.15, 0.2) is 24.3 Å². The van der Waals surface area contributed by atoms with Crippen molar-refractivity contribution in [2.24, 2.45) is 0 Å². The Kier molecular flexibility index (Phi) is 8.78. The molecule has 1 N–H and O–H groups in total. The van der Waals surface area contributed by atoms with Crippen LogP contribution in [-0.4, -0.2) is 43.2 Å². The summed E-state index contributed by atoms with van der Waals surface area (Å²) in [6.07, 6.45) is 0.504. The molecule has 0 saturated heterocycles. The number of esters is 1. The summed E-state index contributed by atoms with van der Waals surface area (Å²) in [5, 5.41) is 2.32. The van der Waals surface area contributed by atoms with Crippen LogP contribution in [0.25, 0.3) is 0 Å². The van der Waals surface area contributed by atoms with E-state index in [1.807, 2.05) is 24.3 Å². The molecule has 1 rings (SSSR count). The van der Waals surface area contributed by atoms with Gasteiger partial charge in [0, 0.05) is 6.42 Å². The standard InChI is InChI=1S/C20H29NO6/c1-6-26-18(23)17(21-19(24)27-20(2,3)4)16(22)9-7-8-14-10-12-15(25-5)13-11-14/h10-13,17H,6-9H2,1-5H3,(H,21,24). The zero-order chi connectivity index (χ0) is 20.4. The second kappa shape index (κ2) is 10.5. The maximum Gasteiger partial charge on any atom is 0.408 e. The molecule has 0 bridgehead atoms. The highest BCUT2D eigenvalue weighted by molar-refractivity contribution is 6.05. The third-order valence-corrected chi connectivity index (χ3v) is 3.55. The number of hydrogen-bond donors (Lipinski definition) is 1. The monoisotopic (exact) mass is 379 g/mol. The predicted molar refractivity (Wildman–Crippen MR) is 101 cm³/mol. The van der Waals surface area contributed by atoms with Gasteiger partial charge in [-0.05, 0) is 58.2 Å². The molecule has 1 atom stereocenters. The third kappa shape index (κ3) is 8.57. The normalized spacial score (nSPS) is 12.0. The van der Waals surface area contributed by atoms with Crippen molar-refractivity contribution < 1.29 is 28.6 Å². The Morgan fingerprint density at radius 1 is 1.11 bits per heavy atom. The molecule has 0 aromatic heterocycles. The van der Waals surface area contributed by atoms with Gasteiger partial charge >= 0.3 is 12.1 Å². The lowest BCUT2D eigenvalue weighted by molar-refractivity contribution is -0.148. The number of aryl methyl sites for hydroxylation is 1. The smallest absolute Gasteiger partial charge is 0.408 e. The molecule has 0 fully saturated rings. The molecule has 1 amide bonds. The molecule has 0 aliphatic carbocycles. The van der Waals surface area contributed by atoms with E-state index < -0.39 is 29.5 Å². The Hall–Kier alpha value is -2.57. The number of ketones is 1. The van der Waals surface area contributed by atoms with Crippen molar-refractivity contribution in [2.75, 3.05) is 13.7 Å². The number of alkyl carbamates (subject to hydrolysis) is 1. The molecule has 1 unspecified atom stereocenters. The SMILES string of the molecule is CCOC(=O)C(NC(=O)OC(C)(C)C)C(=O)CCCc1ccc(OC)cc1. The summed E-state index contributed by atoms with van der Waals surface area (Å²) in [5.41, 5.74) is 0.317. The number of carbonyl (C=O) groups excluding carboxylic acids is 3. The first-order valence-corrected chi connectivity index (χ1v) is 8.98. The Balaban J connectivity index is 2.63. The highest BCUT2D eigenvalue weighted by atomic mass is 16.6. The number of rotatable bonds is 9. The van der Waals surface area contributed by atoms with Gasteiger partial charge in [0.15, 0.2) is 11.8 Å². The first kappa shape index (κ1) is 22.5. The van der Waals surface area contributed by atoms with Crippen molar-refractivity contribution in [3.8, 4) is 5.75 Å². The summed E-state index contributed by atoms with van der Waals surface area (Å²) >= 11 is 0. The maximum atomic E-state index is 12.5. The number of benzene rings is 1. The Morgan fingerprint density at radius 3 is 2.26 bits per heavy atom. The van der Waals surface area contributed by atoms with E-state index in [0.717, 1.165) is 11.3 Å². The molecule has 0 heterocycles. The number of nitrogens with one attached hydrogen (secondary N) is 1. The Morgan fingerprint density at radius 2 is 1.74 bits per heavy atom. The van der Waals surface area contributed by atoms with Crippen molar-refractivity contribution in [3.63, 3.8) is 0 Å². The van der Waals surface area contributed by atoms with Crippen LogP contribution in [0.3, 0.4) is 0 Å². The molecule has 0 spiro atoms.